The lowest BCUT2D eigenvalue weighted by atomic mass is 10.2. The highest BCUT2D eigenvalue weighted by Gasteiger charge is 2.20. The van der Waals surface area contributed by atoms with Gasteiger partial charge in [0.05, 0.1) is 15.6 Å². The van der Waals surface area contributed by atoms with Crippen LogP contribution in [0.15, 0.2) is 12.1 Å². The van der Waals surface area contributed by atoms with Crippen molar-refractivity contribution < 1.29 is 14.3 Å². The summed E-state index contributed by atoms with van der Waals surface area (Å²) < 4.78 is 4.94. The van der Waals surface area contributed by atoms with Gasteiger partial charge < -0.3 is 15.8 Å². The fourth-order valence-corrected chi connectivity index (χ4v) is 2.72. The molecule has 1 aromatic carbocycles. The molecule has 0 heterocycles. The van der Waals surface area contributed by atoms with Crippen molar-refractivity contribution in [1.82, 2.24) is 5.32 Å². The number of hydrogen-bond acceptors (Lipinski definition) is 4. The van der Waals surface area contributed by atoms with E-state index in [0.29, 0.717) is 5.69 Å². The van der Waals surface area contributed by atoms with Gasteiger partial charge in [0.2, 0.25) is 0 Å². The number of nitrogens with one attached hydrogen (secondary N) is 1. The number of amides is 1. The molecule has 1 aromatic rings. The average Bonchev–Trinajstić information content (AvgIpc) is 2.93. The molecule has 7 heteroatoms. The highest BCUT2D eigenvalue weighted by molar-refractivity contribution is 6.44. The third-order valence-corrected chi connectivity index (χ3v) is 4.13. The summed E-state index contributed by atoms with van der Waals surface area (Å²) in [4.78, 5) is 23.6. The van der Waals surface area contributed by atoms with E-state index in [4.69, 9.17) is 33.7 Å². The molecule has 1 fully saturated rings. The van der Waals surface area contributed by atoms with E-state index in [-0.39, 0.29) is 34.2 Å². The van der Waals surface area contributed by atoms with Crippen molar-refractivity contribution in [3.63, 3.8) is 0 Å². The van der Waals surface area contributed by atoms with Crippen LogP contribution in [0.2, 0.25) is 10.0 Å². The maximum Gasteiger partial charge on any atom is 0.340 e. The first kappa shape index (κ1) is 15.9. The second kappa shape index (κ2) is 7.00. The molecule has 0 saturated heterocycles. The summed E-state index contributed by atoms with van der Waals surface area (Å²) in [5.41, 5.74) is 5.95. The van der Waals surface area contributed by atoms with Crippen LogP contribution in [0, 0.1) is 0 Å². The van der Waals surface area contributed by atoms with Crippen molar-refractivity contribution in [2.75, 3.05) is 12.3 Å². The predicted octanol–water partition coefficient (Wildman–Crippen LogP) is 2.79. The Balaban J connectivity index is 1.91. The molecule has 2 rings (SSSR count). The molecule has 0 aliphatic heterocycles. The summed E-state index contributed by atoms with van der Waals surface area (Å²) in [6, 6.07) is 2.99. The van der Waals surface area contributed by atoms with Crippen molar-refractivity contribution in [2.45, 2.75) is 31.7 Å². The van der Waals surface area contributed by atoms with Crippen LogP contribution in [0.25, 0.3) is 0 Å². The second-order valence-corrected chi connectivity index (χ2v) is 5.77. The first-order valence-corrected chi connectivity index (χ1v) is 7.44. The lowest BCUT2D eigenvalue weighted by Crippen LogP contribution is -2.35. The number of carbonyl (C=O) groups is 2. The number of carbonyl (C=O) groups excluding carboxylic acids is 2. The molecule has 3 N–H and O–H groups in total. The summed E-state index contributed by atoms with van der Waals surface area (Å²) in [6.45, 7) is -0.349. The van der Waals surface area contributed by atoms with Crippen LogP contribution in [-0.2, 0) is 9.53 Å². The SMILES string of the molecule is Nc1cc(Cl)c(Cl)c(C(=O)OCC(=O)NC2CCCC2)c1. The van der Waals surface area contributed by atoms with Gasteiger partial charge >= 0.3 is 5.97 Å². The molecule has 21 heavy (non-hydrogen) atoms. The Kier molecular flexibility index (Phi) is 5.31. The lowest BCUT2D eigenvalue weighted by Gasteiger charge is -2.12. The molecule has 1 saturated carbocycles. The van der Waals surface area contributed by atoms with Gasteiger partial charge in [-0.3, -0.25) is 4.79 Å². The molecule has 0 radical (unpaired) electrons. The molecular weight excluding hydrogens is 315 g/mol. The molecular formula is C14H16Cl2N2O3. The third-order valence-electron chi connectivity index (χ3n) is 3.33. The number of ether oxygens (including phenoxy) is 1. The Morgan fingerprint density at radius 2 is 1.95 bits per heavy atom. The minimum atomic E-state index is -0.726. The number of rotatable bonds is 4. The van der Waals surface area contributed by atoms with Crippen molar-refractivity contribution in [3.8, 4) is 0 Å². The molecule has 0 bridgehead atoms. The molecule has 0 unspecified atom stereocenters. The van der Waals surface area contributed by atoms with Gasteiger partial charge in [-0.2, -0.15) is 0 Å². The van der Waals surface area contributed by atoms with E-state index in [1.165, 1.54) is 12.1 Å². The zero-order valence-electron chi connectivity index (χ0n) is 11.3. The number of esters is 1. The fourth-order valence-electron chi connectivity index (χ4n) is 2.31. The van der Waals surface area contributed by atoms with Gasteiger partial charge in [-0.05, 0) is 25.0 Å². The van der Waals surface area contributed by atoms with Gasteiger partial charge in [0.25, 0.3) is 5.91 Å². The Morgan fingerprint density at radius 1 is 1.29 bits per heavy atom. The van der Waals surface area contributed by atoms with Crippen molar-refractivity contribution in [3.05, 3.63) is 27.7 Å². The van der Waals surface area contributed by atoms with E-state index in [0.717, 1.165) is 25.7 Å². The number of nitrogen functional groups attached to an aromatic ring is 1. The molecule has 1 aliphatic carbocycles. The summed E-state index contributed by atoms with van der Waals surface area (Å²) in [5, 5.41) is 3.05. The van der Waals surface area contributed by atoms with Gasteiger partial charge in [-0.1, -0.05) is 36.0 Å². The Labute approximate surface area is 132 Å². The van der Waals surface area contributed by atoms with Crippen LogP contribution in [-0.4, -0.2) is 24.5 Å². The van der Waals surface area contributed by atoms with Crippen molar-refractivity contribution >= 4 is 40.8 Å². The topological polar surface area (TPSA) is 81.4 Å². The van der Waals surface area contributed by atoms with Crippen LogP contribution >= 0.6 is 23.2 Å². The van der Waals surface area contributed by atoms with Gasteiger partial charge in [-0.25, -0.2) is 4.79 Å². The monoisotopic (exact) mass is 330 g/mol. The molecule has 0 spiro atoms. The lowest BCUT2D eigenvalue weighted by molar-refractivity contribution is -0.124. The zero-order valence-corrected chi connectivity index (χ0v) is 12.8. The molecule has 0 atom stereocenters. The predicted molar refractivity (Wildman–Crippen MR) is 81.6 cm³/mol. The molecule has 0 aromatic heterocycles. The number of anilines is 1. The zero-order chi connectivity index (χ0) is 15.4. The summed E-state index contributed by atoms with van der Waals surface area (Å²) >= 11 is 11.8. The van der Waals surface area contributed by atoms with E-state index in [1.807, 2.05) is 0 Å². The molecule has 1 aliphatic rings. The number of hydrogen-bond donors (Lipinski definition) is 2. The smallest absolute Gasteiger partial charge is 0.340 e. The number of benzene rings is 1. The largest absolute Gasteiger partial charge is 0.452 e. The Bertz CT molecular complexity index is 557. The van der Waals surface area contributed by atoms with Gasteiger partial charge in [0.15, 0.2) is 6.61 Å². The van der Waals surface area contributed by atoms with Crippen LogP contribution in [0.1, 0.15) is 36.0 Å². The molecule has 114 valence electrons. The second-order valence-electron chi connectivity index (χ2n) is 4.99. The van der Waals surface area contributed by atoms with E-state index < -0.39 is 5.97 Å². The van der Waals surface area contributed by atoms with Crippen LogP contribution in [0.4, 0.5) is 5.69 Å². The van der Waals surface area contributed by atoms with E-state index >= 15 is 0 Å². The van der Waals surface area contributed by atoms with E-state index in [9.17, 15) is 9.59 Å². The maximum absolute atomic E-state index is 11.9. The Morgan fingerprint density at radius 3 is 2.62 bits per heavy atom. The quantitative estimate of drug-likeness (QED) is 0.657. The molecule has 1 amide bonds. The minimum absolute atomic E-state index is 0.0512. The fraction of sp³-hybridized carbons (Fsp3) is 0.429. The first-order chi connectivity index (χ1) is 9.97. The van der Waals surface area contributed by atoms with E-state index in [1.54, 1.807) is 0 Å². The standard InChI is InChI=1S/C14H16Cl2N2O3/c15-11-6-8(17)5-10(13(11)16)14(20)21-7-12(19)18-9-3-1-2-4-9/h5-6,9H,1-4,7,17H2,(H,18,19). The van der Waals surface area contributed by atoms with Crippen LogP contribution < -0.4 is 11.1 Å². The average molecular weight is 331 g/mol. The highest BCUT2D eigenvalue weighted by atomic mass is 35.5. The number of halogens is 2. The summed E-state index contributed by atoms with van der Waals surface area (Å²) in [6.07, 6.45) is 4.16. The van der Waals surface area contributed by atoms with E-state index in [2.05, 4.69) is 5.32 Å². The van der Waals surface area contributed by atoms with Crippen LogP contribution in [0.3, 0.4) is 0 Å². The van der Waals surface area contributed by atoms with Gasteiger partial charge in [-0.15, -0.1) is 0 Å². The number of nitrogens with two attached hydrogens (primary N) is 1. The third kappa shape index (κ3) is 4.25. The van der Waals surface area contributed by atoms with Gasteiger partial charge in [0.1, 0.15) is 0 Å². The van der Waals surface area contributed by atoms with Crippen LogP contribution in [0.5, 0.6) is 0 Å². The molecule has 5 nitrogen and oxygen atoms in total. The van der Waals surface area contributed by atoms with Crippen molar-refractivity contribution in [1.29, 1.82) is 0 Å². The summed E-state index contributed by atoms with van der Waals surface area (Å²) in [7, 11) is 0. The summed E-state index contributed by atoms with van der Waals surface area (Å²) in [5.74, 6) is -1.04. The minimum Gasteiger partial charge on any atom is -0.452 e. The van der Waals surface area contributed by atoms with Crippen molar-refractivity contribution in [2.24, 2.45) is 0 Å². The first-order valence-electron chi connectivity index (χ1n) is 6.68. The normalized spacial score (nSPS) is 15.0. The highest BCUT2D eigenvalue weighted by Crippen LogP contribution is 2.29. The maximum atomic E-state index is 11.9. The Hall–Kier alpha value is -1.46. The van der Waals surface area contributed by atoms with Gasteiger partial charge in [0, 0.05) is 11.7 Å².